The minimum Gasteiger partial charge on any atom is -0.464 e. The van der Waals surface area contributed by atoms with Gasteiger partial charge in [-0.25, -0.2) is 0 Å². The van der Waals surface area contributed by atoms with Crippen LogP contribution in [0, 0.1) is 0 Å². The first-order valence-electron chi connectivity index (χ1n) is 10.1. The molecule has 3 aromatic rings. The summed E-state index contributed by atoms with van der Waals surface area (Å²) in [6.45, 7) is 8.74. The maximum Gasteiger partial charge on any atom is 0.227 e. The molecule has 0 spiro atoms. The first-order chi connectivity index (χ1) is 13.6. The van der Waals surface area contributed by atoms with Crippen LogP contribution in [-0.2, 0) is 17.8 Å². The molecule has 0 radical (unpaired) electrons. The van der Waals surface area contributed by atoms with E-state index >= 15 is 0 Å². The van der Waals surface area contributed by atoms with Crippen molar-refractivity contribution in [2.24, 2.45) is 0 Å². The summed E-state index contributed by atoms with van der Waals surface area (Å²) in [5.41, 5.74) is 4.46. The van der Waals surface area contributed by atoms with Crippen LogP contribution >= 0.6 is 0 Å². The van der Waals surface area contributed by atoms with Gasteiger partial charge in [-0.05, 0) is 29.2 Å². The lowest BCUT2D eigenvalue weighted by Crippen LogP contribution is -2.48. The van der Waals surface area contributed by atoms with E-state index in [4.69, 9.17) is 4.42 Å². The Bertz CT molecular complexity index is 938. The van der Waals surface area contributed by atoms with E-state index in [2.05, 4.69) is 55.1 Å². The second kappa shape index (κ2) is 8.19. The van der Waals surface area contributed by atoms with Crippen LogP contribution in [0.25, 0.3) is 11.0 Å². The number of piperazine rings is 1. The SMILES string of the molecule is CC(C)c1ccc2occ(CC(=O)N3CCN(Cc4ccccc4)CC3)c2c1. The molecular weight excluding hydrogens is 348 g/mol. The summed E-state index contributed by atoms with van der Waals surface area (Å²) in [5, 5.41) is 1.07. The first kappa shape index (κ1) is 18.8. The van der Waals surface area contributed by atoms with Crippen LogP contribution in [0.5, 0.6) is 0 Å². The largest absolute Gasteiger partial charge is 0.464 e. The third kappa shape index (κ3) is 4.12. The fourth-order valence-electron chi connectivity index (χ4n) is 3.87. The Morgan fingerprint density at radius 3 is 2.50 bits per heavy atom. The molecule has 2 heterocycles. The Labute approximate surface area is 166 Å². The molecule has 0 bridgehead atoms. The van der Waals surface area contributed by atoms with E-state index in [0.29, 0.717) is 12.3 Å². The molecule has 28 heavy (non-hydrogen) atoms. The molecule has 0 saturated carbocycles. The molecule has 0 atom stereocenters. The van der Waals surface area contributed by atoms with Crippen molar-refractivity contribution < 1.29 is 9.21 Å². The van der Waals surface area contributed by atoms with Crippen molar-refractivity contribution in [2.75, 3.05) is 26.2 Å². The average Bonchev–Trinajstić information content (AvgIpc) is 3.11. The number of fused-ring (bicyclic) bond motifs is 1. The lowest BCUT2D eigenvalue weighted by molar-refractivity contribution is -0.132. The van der Waals surface area contributed by atoms with Gasteiger partial charge < -0.3 is 9.32 Å². The highest BCUT2D eigenvalue weighted by molar-refractivity contribution is 5.88. The summed E-state index contributed by atoms with van der Waals surface area (Å²) in [7, 11) is 0. The number of hydrogen-bond acceptors (Lipinski definition) is 3. The molecule has 4 nitrogen and oxygen atoms in total. The molecule has 0 unspecified atom stereocenters. The van der Waals surface area contributed by atoms with Crippen molar-refractivity contribution in [3.05, 3.63) is 71.5 Å². The molecule has 146 valence electrons. The van der Waals surface area contributed by atoms with Crippen LogP contribution in [-0.4, -0.2) is 41.9 Å². The summed E-state index contributed by atoms with van der Waals surface area (Å²) in [4.78, 5) is 17.3. The van der Waals surface area contributed by atoms with Crippen LogP contribution in [0.2, 0.25) is 0 Å². The number of furan rings is 1. The molecule has 1 aromatic heterocycles. The monoisotopic (exact) mass is 376 g/mol. The fourth-order valence-corrected chi connectivity index (χ4v) is 3.87. The minimum atomic E-state index is 0.192. The summed E-state index contributed by atoms with van der Waals surface area (Å²) in [6.07, 6.45) is 2.16. The summed E-state index contributed by atoms with van der Waals surface area (Å²) < 4.78 is 5.68. The smallest absolute Gasteiger partial charge is 0.227 e. The van der Waals surface area contributed by atoms with E-state index in [1.165, 1.54) is 11.1 Å². The summed E-state index contributed by atoms with van der Waals surface area (Å²) in [6, 6.07) is 16.8. The zero-order chi connectivity index (χ0) is 19.5. The number of amides is 1. The van der Waals surface area contributed by atoms with Gasteiger partial charge in [-0.15, -0.1) is 0 Å². The van der Waals surface area contributed by atoms with Crippen molar-refractivity contribution in [3.8, 4) is 0 Å². The van der Waals surface area contributed by atoms with Gasteiger partial charge in [-0.1, -0.05) is 50.2 Å². The van der Waals surface area contributed by atoms with Gasteiger partial charge in [-0.3, -0.25) is 9.69 Å². The van der Waals surface area contributed by atoms with Crippen molar-refractivity contribution in [3.63, 3.8) is 0 Å². The molecule has 1 amide bonds. The quantitative estimate of drug-likeness (QED) is 0.660. The predicted octanol–water partition coefficient (Wildman–Crippen LogP) is 4.44. The Balaban J connectivity index is 1.37. The van der Waals surface area contributed by atoms with Gasteiger partial charge in [0.15, 0.2) is 0 Å². The van der Waals surface area contributed by atoms with E-state index < -0.39 is 0 Å². The zero-order valence-corrected chi connectivity index (χ0v) is 16.7. The van der Waals surface area contributed by atoms with Crippen molar-refractivity contribution in [1.82, 2.24) is 9.80 Å². The highest BCUT2D eigenvalue weighted by atomic mass is 16.3. The minimum absolute atomic E-state index is 0.192. The van der Waals surface area contributed by atoms with Gasteiger partial charge in [0.1, 0.15) is 5.58 Å². The predicted molar refractivity (Wildman–Crippen MR) is 112 cm³/mol. The summed E-state index contributed by atoms with van der Waals surface area (Å²) in [5.74, 6) is 0.651. The Morgan fingerprint density at radius 1 is 1.04 bits per heavy atom. The number of hydrogen-bond donors (Lipinski definition) is 0. The Kier molecular flexibility index (Phi) is 5.49. The average molecular weight is 377 g/mol. The molecule has 1 aliphatic rings. The Morgan fingerprint density at radius 2 is 1.79 bits per heavy atom. The number of carbonyl (C=O) groups is 1. The normalized spacial score (nSPS) is 15.5. The lowest BCUT2D eigenvalue weighted by atomic mass is 10.00. The molecule has 0 N–H and O–H groups in total. The molecule has 1 fully saturated rings. The van der Waals surface area contributed by atoms with Gasteiger partial charge in [-0.2, -0.15) is 0 Å². The van der Waals surface area contributed by atoms with Gasteiger partial charge in [0.25, 0.3) is 0 Å². The fraction of sp³-hybridized carbons (Fsp3) is 0.375. The third-order valence-corrected chi connectivity index (χ3v) is 5.66. The second-order valence-electron chi connectivity index (χ2n) is 7.99. The van der Waals surface area contributed by atoms with E-state index in [1.54, 1.807) is 6.26 Å². The second-order valence-corrected chi connectivity index (χ2v) is 7.99. The number of carbonyl (C=O) groups excluding carboxylic acids is 1. The van der Waals surface area contributed by atoms with Gasteiger partial charge in [0.05, 0.1) is 12.7 Å². The van der Waals surface area contributed by atoms with Crippen LogP contribution in [0.1, 0.15) is 36.5 Å². The van der Waals surface area contributed by atoms with Crippen molar-refractivity contribution in [2.45, 2.75) is 32.7 Å². The maximum absolute atomic E-state index is 12.9. The van der Waals surface area contributed by atoms with Crippen molar-refractivity contribution >= 4 is 16.9 Å². The number of rotatable bonds is 5. The van der Waals surface area contributed by atoms with E-state index in [9.17, 15) is 4.79 Å². The van der Waals surface area contributed by atoms with Gasteiger partial charge in [0.2, 0.25) is 5.91 Å². The lowest BCUT2D eigenvalue weighted by Gasteiger charge is -2.34. The maximum atomic E-state index is 12.9. The van der Waals surface area contributed by atoms with E-state index in [-0.39, 0.29) is 5.91 Å². The molecule has 2 aromatic carbocycles. The van der Waals surface area contributed by atoms with E-state index in [0.717, 1.165) is 49.3 Å². The number of nitrogens with zero attached hydrogens (tertiary/aromatic N) is 2. The van der Waals surface area contributed by atoms with Crippen molar-refractivity contribution in [1.29, 1.82) is 0 Å². The van der Waals surface area contributed by atoms with Crippen LogP contribution in [0.15, 0.2) is 59.2 Å². The van der Waals surface area contributed by atoms with E-state index in [1.807, 2.05) is 17.0 Å². The first-order valence-corrected chi connectivity index (χ1v) is 10.1. The van der Waals surface area contributed by atoms with Crippen LogP contribution < -0.4 is 0 Å². The zero-order valence-electron chi connectivity index (χ0n) is 16.7. The molecular formula is C24H28N2O2. The van der Waals surface area contributed by atoms with Crippen LogP contribution in [0.4, 0.5) is 0 Å². The summed E-state index contributed by atoms with van der Waals surface area (Å²) >= 11 is 0. The standard InChI is InChI=1S/C24H28N2O2/c1-18(2)20-8-9-23-22(14-20)21(17-28-23)15-24(27)26-12-10-25(11-13-26)16-19-6-4-3-5-7-19/h3-9,14,17-18H,10-13,15-16H2,1-2H3. The molecule has 0 aliphatic carbocycles. The number of benzene rings is 2. The molecule has 1 saturated heterocycles. The molecule has 1 aliphatic heterocycles. The Hall–Kier alpha value is -2.59. The van der Waals surface area contributed by atoms with Gasteiger partial charge >= 0.3 is 0 Å². The highest BCUT2D eigenvalue weighted by Gasteiger charge is 2.22. The molecule has 4 heteroatoms. The van der Waals surface area contributed by atoms with Gasteiger partial charge in [0, 0.05) is 43.7 Å². The highest BCUT2D eigenvalue weighted by Crippen LogP contribution is 2.26. The van der Waals surface area contributed by atoms with Crippen LogP contribution in [0.3, 0.4) is 0 Å². The molecule has 4 rings (SSSR count). The third-order valence-electron chi connectivity index (χ3n) is 5.66. The topological polar surface area (TPSA) is 36.7 Å².